The molecule has 0 saturated carbocycles. The standard InChI is InChI=1S/C31H63NO3.C3H8.C2H6/c1-4-7-9-10-11-12-18-23-30-35-31(33)24-19-14-16-21-27-32(25-6-3)26-20-15-13-17-22-29-34-28-8-5-2;1-3-2;1-2/h4-30H2,1-3H3;3H2,1-2H3;1-2H3. The lowest BCUT2D eigenvalue weighted by molar-refractivity contribution is -0.143. The summed E-state index contributed by atoms with van der Waals surface area (Å²) in [4.78, 5) is 14.6. The first-order chi connectivity index (χ1) is 19.7. The van der Waals surface area contributed by atoms with Gasteiger partial charge in [0.05, 0.1) is 6.61 Å². The van der Waals surface area contributed by atoms with Crippen LogP contribution in [0, 0.1) is 0 Å². The number of carbonyl (C=O) groups is 1. The maximum atomic E-state index is 11.9. The van der Waals surface area contributed by atoms with Gasteiger partial charge >= 0.3 is 5.97 Å². The first-order valence-corrected chi connectivity index (χ1v) is 18.1. The predicted octanol–water partition coefficient (Wildman–Crippen LogP) is 11.5. The SMILES string of the molecule is CC.CCC.CCCCCCCCCCOC(=O)CCCCCCN(CCC)CCCCCCCOCCCC. The van der Waals surface area contributed by atoms with Gasteiger partial charge in [-0.15, -0.1) is 0 Å². The Labute approximate surface area is 254 Å². The molecule has 0 spiro atoms. The average molecular weight is 572 g/mol. The fourth-order valence-corrected chi connectivity index (χ4v) is 4.52. The predicted molar refractivity (Wildman–Crippen MR) is 180 cm³/mol. The minimum absolute atomic E-state index is 0.00748. The van der Waals surface area contributed by atoms with Gasteiger partial charge in [-0.25, -0.2) is 0 Å². The normalized spacial score (nSPS) is 10.6. The topological polar surface area (TPSA) is 38.8 Å². The van der Waals surface area contributed by atoms with Gasteiger partial charge in [-0.05, 0) is 64.6 Å². The number of ether oxygens (including phenoxy) is 2. The highest BCUT2D eigenvalue weighted by Crippen LogP contribution is 2.10. The zero-order chi connectivity index (χ0) is 30.4. The van der Waals surface area contributed by atoms with Gasteiger partial charge in [0.15, 0.2) is 0 Å². The molecule has 0 aromatic heterocycles. The Morgan fingerprint density at radius 1 is 0.475 bits per heavy atom. The van der Waals surface area contributed by atoms with Gasteiger partial charge in [0, 0.05) is 19.6 Å². The largest absolute Gasteiger partial charge is 0.466 e. The molecule has 0 amide bonds. The summed E-state index contributed by atoms with van der Waals surface area (Å²) in [5.74, 6) is 0.00748. The molecule has 0 aromatic carbocycles. The van der Waals surface area contributed by atoms with Crippen LogP contribution in [0.25, 0.3) is 0 Å². The molecule has 0 aromatic rings. The Hall–Kier alpha value is -0.610. The molecular formula is C36H77NO3. The second-order valence-electron chi connectivity index (χ2n) is 11.1. The van der Waals surface area contributed by atoms with E-state index in [9.17, 15) is 4.79 Å². The van der Waals surface area contributed by atoms with Gasteiger partial charge in [0.1, 0.15) is 0 Å². The fraction of sp³-hybridized carbons (Fsp3) is 0.972. The molecule has 0 atom stereocenters. The van der Waals surface area contributed by atoms with Crippen LogP contribution in [0.5, 0.6) is 0 Å². The Balaban J connectivity index is -0.00000255. The van der Waals surface area contributed by atoms with Crippen molar-refractivity contribution in [3.8, 4) is 0 Å². The van der Waals surface area contributed by atoms with Crippen LogP contribution in [0.4, 0.5) is 0 Å². The molecule has 0 aliphatic carbocycles. The average Bonchev–Trinajstić information content (AvgIpc) is 2.96. The Kier molecular flexibility index (Phi) is 47.0. The third kappa shape index (κ3) is 41.9. The molecule has 244 valence electrons. The van der Waals surface area contributed by atoms with E-state index in [0.717, 1.165) is 32.5 Å². The lowest BCUT2D eigenvalue weighted by Gasteiger charge is -2.21. The second kappa shape index (κ2) is 42.9. The van der Waals surface area contributed by atoms with Gasteiger partial charge in [-0.3, -0.25) is 4.79 Å². The summed E-state index contributed by atoms with van der Waals surface area (Å²) in [6.07, 6.45) is 26.9. The van der Waals surface area contributed by atoms with E-state index in [-0.39, 0.29) is 5.97 Å². The van der Waals surface area contributed by atoms with E-state index in [4.69, 9.17) is 9.47 Å². The molecule has 0 N–H and O–H groups in total. The molecule has 0 aliphatic rings. The molecule has 0 bridgehead atoms. The number of esters is 1. The van der Waals surface area contributed by atoms with Crippen LogP contribution in [0.1, 0.15) is 190 Å². The summed E-state index contributed by atoms with van der Waals surface area (Å²) in [5.41, 5.74) is 0. The number of carbonyl (C=O) groups excluding carboxylic acids is 1. The maximum absolute atomic E-state index is 11.9. The van der Waals surface area contributed by atoms with Gasteiger partial charge in [0.2, 0.25) is 0 Å². The highest BCUT2D eigenvalue weighted by molar-refractivity contribution is 5.69. The Morgan fingerprint density at radius 2 is 0.900 bits per heavy atom. The summed E-state index contributed by atoms with van der Waals surface area (Å²) < 4.78 is 11.1. The van der Waals surface area contributed by atoms with Crippen LogP contribution in [-0.2, 0) is 14.3 Å². The van der Waals surface area contributed by atoms with Crippen molar-refractivity contribution in [2.45, 2.75) is 190 Å². The van der Waals surface area contributed by atoms with Crippen LogP contribution >= 0.6 is 0 Å². The fourth-order valence-electron chi connectivity index (χ4n) is 4.52. The minimum atomic E-state index is 0.00748. The van der Waals surface area contributed by atoms with Crippen molar-refractivity contribution >= 4 is 5.97 Å². The van der Waals surface area contributed by atoms with Crippen LogP contribution in [0.2, 0.25) is 0 Å². The molecular weight excluding hydrogens is 494 g/mol. The van der Waals surface area contributed by atoms with Gasteiger partial charge in [0.25, 0.3) is 0 Å². The van der Waals surface area contributed by atoms with Crippen molar-refractivity contribution < 1.29 is 14.3 Å². The van der Waals surface area contributed by atoms with Crippen molar-refractivity contribution in [3.63, 3.8) is 0 Å². The number of nitrogens with zero attached hydrogens (tertiary/aromatic N) is 1. The van der Waals surface area contributed by atoms with E-state index in [2.05, 4.69) is 39.5 Å². The number of hydrogen-bond donors (Lipinski definition) is 0. The summed E-state index contributed by atoms with van der Waals surface area (Å²) in [6, 6.07) is 0. The molecule has 0 fully saturated rings. The van der Waals surface area contributed by atoms with Crippen molar-refractivity contribution in [1.82, 2.24) is 4.90 Å². The van der Waals surface area contributed by atoms with Crippen molar-refractivity contribution in [2.24, 2.45) is 0 Å². The lowest BCUT2D eigenvalue weighted by Crippen LogP contribution is -2.27. The van der Waals surface area contributed by atoms with E-state index in [1.807, 2.05) is 13.8 Å². The Bertz CT molecular complexity index is 430. The number of hydrogen-bond acceptors (Lipinski definition) is 4. The van der Waals surface area contributed by atoms with E-state index in [0.29, 0.717) is 13.0 Å². The smallest absolute Gasteiger partial charge is 0.305 e. The van der Waals surface area contributed by atoms with Crippen molar-refractivity contribution in [1.29, 1.82) is 0 Å². The van der Waals surface area contributed by atoms with Gasteiger partial charge in [-0.1, -0.05) is 138 Å². The van der Waals surface area contributed by atoms with E-state index in [1.54, 1.807) is 0 Å². The van der Waals surface area contributed by atoms with Gasteiger partial charge < -0.3 is 14.4 Å². The molecule has 0 aliphatic heterocycles. The first kappa shape index (κ1) is 43.8. The summed E-state index contributed by atoms with van der Waals surface area (Å²) in [6.45, 7) is 21.2. The molecule has 0 heterocycles. The van der Waals surface area contributed by atoms with Gasteiger partial charge in [-0.2, -0.15) is 0 Å². The van der Waals surface area contributed by atoms with E-state index >= 15 is 0 Å². The number of rotatable bonds is 29. The molecule has 4 nitrogen and oxygen atoms in total. The van der Waals surface area contributed by atoms with Crippen molar-refractivity contribution in [3.05, 3.63) is 0 Å². The van der Waals surface area contributed by atoms with Crippen LogP contribution in [-0.4, -0.2) is 50.3 Å². The molecule has 0 rings (SSSR count). The highest BCUT2D eigenvalue weighted by atomic mass is 16.5. The molecule has 0 unspecified atom stereocenters. The van der Waals surface area contributed by atoms with E-state index < -0.39 is 0 Å². The zero-order valence-corrected chi connectivity index (χ0v) is 29.0. The second-order valence-corrected chi connectivity index (χ2v) is 11.1. The lowest BCUT2D eigenvalue weighted by atomic mass is 10.1. The highest BCUT2D eigenvalue weighted by Gasteiger charge is 2.05. The van der Waals surface area contributed by atoms with Crippen LogP contribution in [0.3, 0.4) is 0 Å². The number of unbranched alkanes of at least 4 members (excludes halogenated alkanes) is 15. The molecule has 4 heteroatoms. The first-order valence-electron chi connectivity index (χ1n) is 18.1. The third-order valence-electron chi connectivity index (χ3n) is 6.81. The summed E-state index contributed by atoms with van der Waals surface area (Å²) >= 11 is 0. The Morgan fingerprint density at radius 3 is 1.43 bits per heavy atom. The van der Waals surface area contributed by atoms with Crippen molar-refractivity contribution in [2.75, 3.05) is 39.5 Å². The molecule has 0 radical (unpaired) electrons. The van der Waals surface area contributed by atoms with Crippen LogP contribution in [0.15, 0.2) is 0 Å². The zero-order valence-electron chi connectivity index (χ0n) is 29.0. The quantitative estimate of drug-likeness (QED) is 0.0661. The molecule has 0 saturated heterocycles. The van der Waals surface area contributed by atoms with Crippen LogP contribution < -0.4 is 0 Å². The minimum Gasteiger partial charge on any atom is -0.466 e. The maximum Gasteiger partial charge on any atom is 0.305 e. The van der Waals surface area contributed by atoms with E-state index in [1.165, 1.54) is 135 Å². The summed E-state index contributed by atoms with van der Waals surface area (Å²) in [5, 5.41) is 0. The monoisotopic (exact) mass is 572 g/mol. The summed E-state index contributed by atoms with van der Waals surface area (Å²) in [7, 11) is 0. The third-order valence-corrected chi connectivity index (χ3v) is 6.81. The molecule has 40 heavy (non-hydrogen) atoms.